The number of para-hydroxylation sites is 1. The van der Waals surface area contributed by atoms with Crippen molar-refractivity contribution in [1.29, 1.82) is 0 Å². The number of fused-ring (bicyclic) bond motifs is 1. The van der Waals surface area contributed by atoms with Crippen molar-refractivity contribution in [1.82, 2.24) is 14.3 Å². The first-order valence-electron chi connectivity index (χ1n) is 6.97. The zero-order chi connectivity index (χ0) is 14.8. The first kappa shape index (κ1) is 13.4. The van der Waals surface area contributed by atoms with Crippen LogP contribution in [0, 0.1) is 6.92 Å². The van der Waals surface area contributed by atoms with E-state index in [0.29, 0.717) is 0 Å². The smallest absolute Gasteiger partial charge is 0.252 e. The summed E-state index contributed by atoms with van der Waals surface area (Å²) in [6, 6.07) is 9.55. The van der Waals surface area contributed by atoms with Crippen LogP contribution in [-0.4, -0.2) is 20.9 Å². The van der Waals surface area contributed by atoms with Gasteiger partial charge in [0.15, 0.2) is 0 Å². The summed E-state index contributed by atoms with van der Waals surface area (Å²) < 4.78 is 3.56. The highest BCUT2D eigenvalue weighted by Crippen LogP contribution is 2.20. The van der Waals surface area contributed by atoms with Gasteiger partial charge in [0.25, 0.3) is 5.56 Å². The van der Waals surface area contributed by atoms with Crippen LogP contribution >= 0.6 is 0 Å². The Balaban J connectivity index is 1.84. The van der Waals surface area contributed by atoms with Crippen molar-refractivity contribution in [2.24, 2.45) is 7.05 Å². The van der Waals surface area contributed by atoms with Crippen LogP contribution in [0.3, 0.4) is 0 Å². The van der Waals surface area contributed by atoms with E-state index in [-0.39, 0.29) is 5.56 Å². The van der Waals surface area contributed by atoms with Crippen molar-refractivity contribution in [3.05, 3.63) is 58.6 Å². The number of hydrogen-bond donors (Lipinski definition) is 1. The molecule has 1 N–H and O–H groups in total. The van der Waals surface area contributed by atoms with Gasteiger partial charge in [-0.15, -0.1) is 0 Å². The van der Waals surface area contributed by atoms with Crippen molar-refractivity contribution in [3.63, 3.8) is 0 Å². The minimum absolute atomic E-state index is 0.00821. The van der Waals surface area contributed by atoms with Gasteiger partial charge in [0.2, 0.25) is 0 Å². The maximum Gasteiger partial charge on any atom is 0.252 e. The average molecular weight is 282 g/mol. The fraction of sp³-hybridized carbons (Fsp3) is 0.250. The van der Waals surface area contributed by atoms with Gasteiger partial charge in [-0.05, 0) is 18.6 Å². The standard InChI is InChI=1S/C16H18N4O/c1-12-10-18-20(11-12)8-7-17-14-9-16(21)19(2)15-6-4-3-5-13(14)15/h3-6,9-11,17H,7-8H2,1-2H3. The molecule has 0 radical (unpaired) electrons. The summed E-state index contributed by atoms with van der Waals surface area (Å²) in [5, 5.41) is 8.64. The fourth-order valence-corrected chi connectivity index (χ4v) is 2.45. The molecule has 0 bridgehead atoms. The molecule has 0 saturated heterocycles. The molecule has 2 heterocycles. The number of pyridine rings is 1. The number of nitrogens with zero attached hydrogens (tertiary/aromatic N) is 3. The van der Waals surface area contributed by atoms with Gasteiger partial charge in [0.1, 0.15) is 0 Å². The third kappa shape index (κ3) is 2.67. The van der Waals surface area contributed by atoms with Gasteiger partial charge in [-0.25, -0.2) is 0 Å². The topological polar surface area (TPSA) is 51.9 Å². The van der Waals surface area contributed by atoms with Crippen LogP contribution in [0.4, 0.5) is 5.69 Å². The third-order valence-electron chi connectivity index (χ3n) is 3.57. The highest BCUT2D eigenvalue weighted by molar-refractivity contribution is 5.91. The monoisotopic (exact) mass is 282 g/mol. The maximum atomic E-state index is 12.0. The van der Waals surface area contributed by atoms with Crippen molar-refractivity contribution in [2.45, 2.75) is 13.5 Å². The molecule has 5 nitrogen and oxygen atoms in total. The molecule has 21 heavy (non-hydrogen) atoms. The molecule has 3 aromatic rings. The number of hydrogen-bond acceptors (Lipinski definition) is 3. The highest BCUT2D eigenvalue weighted by atomic mass is 16.1. The molecule has 0 aliphatic carbocycles. The van der Waals surface area contributed by atoms with Gasteiger partial charge in [0, 0.05) is 36.9 Å². The van der Waals surface area contributed by atoms with Gasteiger partial charge in [-0.2, -0.15) is 5.10 Å². The number of benzene rings is 1. The van der Waals surface area contributed by atoms with E-state index in [1.54, 1.807) is 17.7 Å². The molecule has 5 heteroatoms. The van der Waals surface area contributed by atoms with E-state index in [1.165, 1.54) is 0 Å². The lowest BCUT2D eigenvalue weighted by molar-refractivity contribution is 0.637. The second kappa shape index (κ2) is 5.44. The number of aromatic nitrogens is 3. The quantitative estimate of drug-likeness (QED) is 0.798. The summed E-state index contributed by atoms with van der Waals surface area (Å²) in [5.41, 5.74) is 2.94. The van der Waals surface area contributed by atoms with Crippen LogP contribution < -0.4 is 10.9 Å². The molecule has 0 atom stereocenters. The lowest BCUT2D eigenvalue weighted by Crippen LogP contribution is -2.18. The summed E-state index contributed by atoms with van der Waals surface area (Å²) in [6.07, 6.45) is 3.84. The average Bonchev–Trinajstić information content (AvgIpc) is 2.90. The van der Waals surface area contributed by atoms with E-state index in [0.717, 1.165) is 35.2 Å². The fourth-order valence-electron chi connectivity index (χ4n) is 2.45. The van der Waals surface area contributed by atoms with Crippen molar-refractivity contribution in [2.75, 3.05) is 11.9 Å². The molecule has 1 aromatic carbocycles. The first-order chi connectivity index (χ1) is 10.1. The number of anilines is 1. The molecule has 0 amide bonds. The predicted octanol–water partition coefficient (Wildman–Crippen LogP) is 2.16. The molecule has 3 rings (SSSR count). The molecule has 0 saturated carbocycles. The molecule has 0 aliphatic rings. The second-order valence-corrected chi connectivity index (χ2v) is 5.18. The number of rotatable bonds is 4. The van der Waals surface area contributed by atoms with Gasteiger partial charge >= 0.3 is 0 Å². The van der Waals surface area contributed by atoms with E-state index in [2.05, 4.69) is 10.4 Å². The van der Waals surface area contributed by atoms with E-state index in [9.17, 15) is 4.79 Å². The number of aryl methyl sites for hydroxylation is 2. The Morgan fingerprint density at radius 1 is 1.29 bits per heavy atom. The Hall–Kier alpha value is -2.56. The zero-order valence-corrected chi connectivity index (χ0v) is 12.2. The maximum absolute atomic E-state index is 12.0. The first-order valence-corrected chi connectivity index (χ1v) is 6.97. The van der Waals surface area contributed by atoms with E-state index in [4.69, 9.17) is 0 Å². The van der Waals surface area contributed by atoms with Crippen LogP contribution in [0.2, 0.25) is 0 Å². The minimum Gasteiger partial charge on any atom is -0.382 e. The molecular weight excluding hydrogens is 264 g/mol. The Kier molecular flexibility index (Phi) is 3.48. The van der Waals surface area contributed by atoms with E-state index >= 15 is 0 Å². The molecule has 2 aromatic heterocycles. The molecule has 108 valence electrons. The van der Waals surface area contributed by atoms with E-state index in [1.807, 2.05) is 48.3 Å². The summed E-state index contributed by atoms with van der Waals surface area (Å²) in [4.78, 5) is 12.0. The predicted molar refractivity (Wildman–Crippen MR) is 84.6 cm³/mol. The molecule has 0 spiro atoms. The molecule has 0 aliphatic heterocycles. The lowest BCUT2D eigenvalue weighted by atomic mass is 10.2. The Morgan fingerprint density at radius 3 is 2.86 bits per heavy atom. The molecular formula is C16H18N4O. The minimum atomic E-state index is -0.00821. The lowest BCUT2D eigenvalue weighted by Gasteiger charge is -2.12. The third-order valence-corrected chi connectivity index (χ3v) is 3.57. The van der Waals surface area contributed by atoms with Gasteiger partial charge in [-0.1, -0.05) is 18.2 Å². The van der Waals surface area contributed by atoms with Gasteiger partial charge in [0.05, 0.1) is 18.3 Å². The van der Waals surface area contributed by atoms with Gasteiger partial charge < -0.3 is 9.88 Å². The van der Waals surface area contributed by atoms with E-state index < -0.39 is 0 Å². The molecule has 0 fully saturated rings. The zero-order valence-electron chi connectivity index (χ0n) is 12.2. The normalized spacial score (nSPS) is 11.0. The second-order valence-electron chi connectivity index (χ2n) is 5.18. The Morgan fingerprint density at radius 2 is 2.10 bits per heavy atom. The van der Waals surface area contributed by atoms with Crippen LogP contribution in [0.15, 0.2) is 47.5 Å². The summed E-state index contributed by atoms with van der Waals surface area (Å²) in [6.45, 7) is 3.50. The van der Waals surface area contributed by atoms with Crippen LogP contribution in [0.5, 0.6) is 0 Å². The summed E-state index contributed by atoms with van der Waals surface area (Å²) in [5.74, 6) is 0. The highest BCUT2D eigenvalue weighted by Gasteiger charge is 2.05. The summed E-state index contributed by atoms with van der Waals surface area (Å²) in [7, 11) is 1.79. The van der Waals surface area contributed by atoms with Gasteiger partial charge in [-0.3, -0.25) is 9.48 Å². The van der Waals surface area contributed by atoms with Crippen molar-refractivity contribution in [3.8, 4) is 0 Å². The van der Waals surface area contributed by atoms with Crippen molar-refractivity contribution >= 4 is 16.6 Å². The summed E-state index contributed by atoms with van der Waals surface area (Å²) >= 11 is 0. The SMILES string of the molecule is Cc1cnn(CCNc2cc(=O)n(C)c3ccccc23)c1. The van der Waals surface area contributed by atoms with Crippen molar-refractivity contribution < 1.29 is 0 Å². The Labute approximate surface area is 122 Å². The van der Waals surface area contributed by atoms with Crippen LogP contribution in [0.1, 0.15) is 5.56 Å². The number of nitrogens with one attached hydrogen (secondary N) is 1. The van der Waals surface area contributed by atoms with Crippen LogP contribution in [0.25, 0.3) is 10.9 Å². The molecule has 0 unspecified atom stereocenters. The Bertz CT molecular complexity index is 832. The largest absolute Gasteiger partial charge is 0.382 e. The van der Waals surface area contributed by atoms with Crippen LogP contribution in [-0.2, 0) is 13.6 Å².